The molecule has 0 radical (unpaired) electrons. The van der Waals surface area contributed by atoms with Gasteiger partial charge in [0, 0.05) is 17.5 Å². The number of methoxy groups -OCH3 is 1. The number of fused-ring (bicyclic) bond motifs is 2. The van der Waals surface area contributed by atoms with Crippen molar-refractivity contribution >= 4 is 18.0 Å². The third-order valence-corrected chi connectivity index (χ3v) is 4.26. The molecule has 1 amide bonds. The summed E-state index contributed by atoms with van der Waals surface area (Å²) in [5, 5.41) is 0. The third kappa shape index (κ3) is 2.78. The van der Waals surface area contributed by atoms with Crippen molar-refractivity contribution in [1.82, 2.24) is 4.90 Å². The molecule has 1 aliphatic heterocycles. The molecule has 0 aromatic heterocycles. The average Bonchev–Trinajstić information content (AvgIpc) is 3.34. The lowest BCUT2D eigenvalue weighted by Crippen LogP contribution is -2.46. The first-order valence-electron chi connectivity index (χ1n) is 7.73. The Morgan fingerprint density at radius 3 is 2.64 bits per heavy atom. The van der Waals surface area contributed by atoms with E-state index in [2.05, 4.69) is 17.4 Å². The number of carbonyl (C=O) groups excluding carboxylic acids is 2. The second-order valence-electron chi connectivity index (χ2n) is 5.53. The van der Waals surface area contributed by atoms with Crippen molar-refractivity contribution in [3.05, 3.63) is 41.5 Å². The fourth-order valence-electron chi connectivity index (χ4n) is 2.93. The molecule has 4 nitrogen and oxygen atoms in total. The standard InChI is InChI=1S/C16H17NO3.C2H6/c1-3-11-4-5-12-13(8-11)16(6-7-16)10-17(15(12)19)9-14(18)20-2;1-2/h3-5,8H,1,6-7,9-10H2,2H3;1-2H3. The minimum Gasteiger partial charge on any atom is -0.468 e. The van der Waals surface area contributed by atoms with Crippen LogP contribution in [0.4, 0.5) is 0 Å². The number of amides is 1. The highest BCUT2D eigenvalue weighted by Crippen LogP contribution is 2.52. The van der Waals surface area contributed by atoms with E-state index in [1.807, 2.05) is 26.0 Å². The molecule has 0 unspecified atom stereocenters. The number of esters is 1. The van der Waals surface area contributed by atoms with E-state index in [4.69, 9.17) is 0 Å². The van der Waals surface area contributed by atoms with Crippen LogP contribution in [0.1, 0.15) is 48.2 Å². The first kappa shape index (κ1) is 16.3. The van der Waals surface area contributed by atoms with Gasteiger partial charge in [0.2, 0.25) is 0 Å². The summed E-state index contributed by atoms with van der Waals surface area (Å²) in [4.78, 5) is 25.5. The van der Waals surface area contributed by atoms with Gasteiger partial charge >= 0.3 is 5.97 Å². The van der Waals surface area contributed by atoms with E-state index < -0.39 is 0 Å². The molecule has 2 aliphatic rings. The Labute approximate surface area is 131 Å². The summed E-state index contributed by atoms with van der Waals surface area (Å²) in [6, 6.07) is 5.79. The number of benzene rings is 1. The first-order chi connectivity index (χ1) is 10.6. The molecular formula is C18H23NO3. The van der Waals surface area contributed by atoms with Crippen molar-refractivity contribution in [3.63, 3.8) is 0 Å². The summed E-state index contributed by atoms with van der Waals surface area (Å²) in [6.45, 7) is 8.41. The average molecular weight is 301 g/mol. The summed E-state index contributed by atoms with van der Waals surface area (Å²) in [6.07, 6.45) is 3.92. The van der Waals surface area contributed by atoms with Crippen LogP contribution in [0.15, 0.2) is 24.8 Å². The van der Waals surface area contributed by atoms with Crippen LogP contribution in [0.25, 0.3) is 6.08 Å². The van der Waals surface area contributed by atoms with Gasteiger partial charge in [0.25, 0.3) is 5.91 Å². The smallest absolute Gasteiger partial charge is 0.325 e. The van der Waals surface area contributed by atoms with E-state index in [0.29, 0.717) is 12.1 Å². The van der Waals surface area contributed by atoms with Crippen molar-refractivity contribution in [1.29, 1.82) is 0 Å². The zero-order valence-corrected chi connectivity index (χ0v) is 13.5. The Bertz CT molecular complexity index is 602. The molecule has 1 aromatic carbocycles. The number of carbonyl (C=O) groups is 2. The summed E-state index contributed by atoms with van der Waals surface area (Å²) in [7, 11) is 1.34. The van der Waals surface area contributed by atoms with Crippen LogP contribution in [-0.2, 0) is 14.9 Å². The Kier molecular flexibility index (Phi) is 4.69. The number of ether oxygens (including phenoxy) is 1. The highest BCUT2D eigenvalue weighted by molar-refractivity contribution is 5.99. The minimum atomic E-state index is -0.375. The molecule has 3 rings (SSSR count). The Balaban J connectivity index is 0.000000847. The molecule has 1 aromatic rings. The van der Waals surface area contributed by atoms with Gasteiger partial charge in [-0.05, 0) is 30.0 Å². The SMILES string of the molecule is C=Cc1ccc2c(c1)C1(CC1)CN(CC(=O)OC)C2=O.CC. The molecule has 1 saturated carbocycles. The Morgan fingerprint density at radius 2 is 2.09 bits per heavy atom. The maximum atomic E-state index is 12.5. The molecule has 118 valence electrons. The van der Waals surface area contributed by atoms with E-state index in [-0.39, 0.29) is 23.8 Å². The zero-order chi connectivity index (χ0) is 16.3. The largest absolute Gasteiger partial charge is 0.468 e. The van der Waals surface area contributed by atoms with Gasteiger partial charge < -0.3 is 9.64 Å². The quantitative estimate of drug-likeness (QED) is 0.806. The zero-order valence-electron chi connectivity index (χ0n) is 13.5. The van der Waals surface area contributed by atoms with Crippen LogP contribution in [-0.4, -0.2) is 37.0 Å². The summed E-state index contributed by atoms with van der Waals surface area (Å²) >= 11 is 0. The van der Waals surface area contributed by atoms with Gasteiger partial charge in [-0.15, -0.1) is 0 Å². The topological polar surface area (TPSA) is 46.6 Å². The highest BCUT2D eigenvalue weighted by atomic mass is 16.5. The highest BCUT2D eigenvalue weighted by Gasteiger charge is 2.51. The molecule has 0 saturated heterocycles. The molecule has 22 heavy (non-hydrogen) atoms. The minimum absolute atomic E-state index is 0.0275. The van der Waals surface area contributed by atoms with Crippen LogP contribution < -0.4 is 0 Å². The number of hydrogen-bond donors (Lipinski definition) is 0. The van der Waals surface area contributed by atoms with Gasteiger partial charge in [-0.3, -0.25) is 9.59 Å². The molecule has 0 atom stereocenters. The lowest BCUT2D eigenvalue weighted by Gasteiger charge is -2.34. The Hall–Kier alpha value is -2.10. The predicted molar refractivity (Wildman–Crippen MR) is 86.7 cm³/mol. The van der Waals surface area contributed by atoms with Crippen molar-refractivity contribution in [3.8, 4) is 0 Å². The van der Waals surface area contributed by atoms with Crippen LogP contribution in [0, 0.1) is 0 Å². The third-order valence-electron chi connectivity index (χ3n) is 4.26. The van der Waals surface area contributed by atoms with Gasteiger partial charge in [-0.25, -0.2) is 0 Å². The maximum absolute atomic E-state index is 12.5. The molecule has 0 bridgehead atoms. The van der Waals surface area contributed by atoms with E-state index in [1.54, 1.807) is 11.0 Å². The Morgan fingerprint density at radius 1 is 1.41 bits per heavy atom. The summed E-state index contributed by atoms with van der Waals surface area (Å²) in [5.74, 6) is -0.459. The van der Waals surface area contributed by atoms with E-state index in [1.165, 1.54) is 7.11 Å². The number of hydrogen-bond acceptors (Lipinski definition) is 3. The number of nitrogens with zero attached hydrogens (tertiary/aromatic N) is 1. The molecule has 1 fully saturated rings. The van der Waals surface area contributed by atoms with Crippen LogP contribution in [0.3, 0.4) is 0 Å². The van der Waals surface area contributed by atoms with Crippen molar-refractivity contribution in [2.24, 2.45) is 0 Å². The van der Waals surface area contributed by atoms with Gasteiger partial charge in [-0.1, -0.05) is 38.6 Å². The van der Waals surface area contributed by atoms with Crippen LogP contribution in [0.5, 0.6) is 0 Å². The van der Waals surface area contributed by atoms with Crippen molar-refractivity contribution < 1.29 is 14.3 Å². The fraction of sp³-hybridized carbons (Fsp3) is 0.444. The lowest BCUT2D eigenvalue weighted by atomic mass is 9.85. The van der Waals surface area contributed by atoms with Gasteiger partial charge in [0.05, 0.1) is 7.11 Å². The first-order valence-corrected chi connectivity index (χ1v) is 7.73. The van der Waals surface area contributed by atoms with Crippen molar-refractivity contribution in [2.45, 2.75) is 32.1 Å². The van der Waals surface area contributed by atoms with Crippen LogP contribution >= 0.6 is 0 Å². The fourth-order valence-corrected chi connectivity index (χ4v) is 2.93. The van der Waals surface area contributed by atoms with Crippen LogP contribution in [0.2, 0.25) is 0 Å². The van der Waals surface area contributed by atoms with Gasteiger partial charge in [0.1, 0.15) is 6.54 Å². The molecule has 1 aliphatic carbocycles. The number of rotatable bonds is 3. The second kappa shape index (κ2) is 6.34. The lowest BCUT2D eigenvalue weighted by molar-refractivity contribution is -0.141. The van der Waals surface area contributed by atoms with E-state index >= 15 is 0 Å². The molecule has 1 heterocycles. The monoisotopic (exact) mass is 301 g/mol. The van der Waals surface area contributed by atoms with E-state index in [0.717, 1.165) is 24.0 Å². The van der Waals surface area contributed by atoms with Crippen molar-refractivity contribution in [2.75, 3.05) is 20.2 Å². The normalized spacial score (nSPS) is 17.2. The molecule has 0 N–H and O–H groups in total. The summed E-state index contributed by atoms with van der Waals surface area (Å²) in [5.41, 5.74) is 2.89. The van der Waals surface area contributed by atoms with Gasteiger partial charge in [0.15, 0.2) is 0 Å². The summed E-state index contributed by atoms with van der Waals surface area (Å²) < 4.78 is 4.67. The molecule has 4 heteroatoms. The molecular weight excluding hydrogens is 278 g/mol. The van der Waals surface area contributed by atoms with Gasteiger partial charge in [-0.2, -0.15) is 0 Å². The van der Waals surface area contributed by atoms with E-state index in [9.17, 15) is 9.59 Å². The maximum Gasteiger partial charge on any atom is 0.325 e. The molecule has 1 spiro atoms. The second-order valence-corrected chi connectivity index (χ2v) is 5.53. The predicted octanol–water partition coefficient (Wildman–Crippen LogP) is 3.02.